The average Bonchev–Trinajstić information content (AvgIpc) is 2.63. The molecule has 0 aliphatic rings. The van der Waals surface area contributed by atoms with E-state index in [-0.39, 0.29) is 10.3 Å². The Morgan fingerprint density at radius 1 is 1.47 bits per heavy atom. The maximum Gasteiger partial charge on any atom is 0.448 e. The molecule has 1 rings (SSSR count). The zero-order chi connectivity index (χ0) is 14.8. The third-order valence-corrected chi connectivity index (χ3v) is 4.13. The van der Waals surface area contributed by atoms with Gasteiger partial charge in [0.2, 0.25) is 5.82 Å². The van der Waals surface area contributed by atoms with E-state index in [1.807, 2.05) is 0 Å². The molecule has 0 amide bonds. The lowest BCUT2D eigenvalue weighted by molar-refractivity contribution is -0.875. The molecule has 1 aromatic rings. The minimum atomic E-state index is -4.71. The highest BCUT2D eigenvalue weighted by molar-refractivity contribution is 7.55. The van der Waals surface area contributed by atoms with E-state index in [4.69, 9.17) is 5.11 Å². The largest absolute Gasteiger partial charge is 0.476 e. The molecule has 0 aliphatic carbocycles. The highest BCUT2D eigenvalue weighted by atomic mass is 31.2. The van der Waals surface area contributed by atoms with Crippen LogP contribution in [0.3, 0.4) is 0 Å². The molecule has 0 radical (unpaired) electrons. The van der Waals surface area contributed by atoms with Crippen LogP contribution in [0, 0.1) is 0 Å². The van der Waals surface area contributed by atoms with Crippen molar-refractivity contribution in [2.45, 2.75) is 5.78 Å². The summed E-state index contributed by atoms with van der Waals surface area (Å²) >= 11 is 0. The van der Waals surface area contributed by atoms with E-state index >= 15 is 0 Å². The van der Waals surface area contributed by atoms with Gasteiger partial charge in [-0.15, -0.1) is 0 Å². The molecule has 0 aromatic carbocycles. The number of aliphatic carboxylic acids is 1. The molecule has 106 valence electrons. The number of carbonyl (C=O) groups is 2. The Kier molecular flexibility index (Phi) is 4.14. The molecular weight excluding hydrogens is 277 g/mol. The number of aromatic amines is 1. The third kappa shape index (κ3) is 3.63. The fraction of sp³-hybridized carbons (Fsp3) is 0.444. The smallest absolute Gasteiger partial charge is 0.448 e. The topological polar surface area (TPSA) is 130 Å². The van der Waals surface area contributed by atoms with Gasteiger partial charge in [-0.2, -0.15) is 0 Å². The number of carboxylic acid groups (broad SMARTS) is 1. The first-order valence-electron chi connectivity index (χ1n) is 5.15. The average molecular weight is 292 g/mol. The Labute approximate surface area is 109 Å². The summed E-state index contributed by atoms with van der Waals surface area (Å²) < 4.78 is 16.0. The van der Waals surface area contributed by atoms with Crippen LogP contribution in [0.5, 0.6) is 0 Å². The van der Waals surface area contributed by atoms with Crippen LogP contribution < -0.4 is 0 Å². The number of likely N-dealkylation sites (N-methyl/N-ethyl adjacent to an activating group) is 1. The van der Waals surface area contributed by atoms with Crippen molar-refractivity contribution in [3.63, 3.8) is 0 Å². The normalized spacial score (nSPS) is 16.4. The standard InChI is InChI=1S/C9H14N3O6P/c1-12(2,3)7(8(13)14)19(16,17)18-9(15)6-10-4-5-11-6/h4-5,7H,1-3H3,(H2-,10,11,13,14,15,16,17)/p+1. The summed E-state index contributed by atoms with van der Waals surface area (Å²) in [6.07, 6.45) is 2.58. The number of carbonyl (C=O) groups excluding carboxylic acids is 1. The van der Waals surface area contributed by atoms with Gasteiger partial charge in [0.15, 0.2) is 0 Å². The Morgan fingerprint density at radius 2 is 2.05 bits per heavy atom. The summed E-state index contributed by atoms with van der Waals surface area (Å²) in [5, 5.41) is 9.03. The first-order chi connectivity index (χ1) is 8.55. The molecule has 3 N–H and O–H groups in total. The first-order valence-corrected chi connectivity index (χ1v) is 6.80. The maximum absolute atomic E-state index is 12.0. The van der Waals surface area contributed by atoms with Gasteiger partial charge in [0.1, 0.15) is 0 Å². The minimum absolute atomic E-state index is 0.278. The van der Waals surface area contributed by atoms with Gasteiger partial charge < -0.3 is 24.0 Å². The fourth-order valence-electron chi connectivity index (χ4n) is 1.50. The molecular formula is C9H15N3O6P+. The van der Waals surface area contributed by atoms with Crippen LogP contribution in [-0.4, -0.2) is 63.3 Å². The Morgan fingerprint density at radius 3 is 2.42 bits per heavy atom. The quantitative estimate of drug-likeness (QED) is 0.509. The van der Waals surface area contributed by atoms with Crippen molar-refractivity contribution in [2.24, 2.45) is 0 Å². The van der Waals surface area contributed by atoms with Gasteiger partial charge in [0, 0.05) is 12.4 Å². The van der Waals surface area contributed by atoms with Crippen LogP contribution in [0.25, 0.3) is 0 Å². The lowest BCUT2D eigenvalue weighted by atomic mass is 10.5. The number of rotatable bonds is 5. The molecule has 1 aromatic heterocycles. The minimum Gasteiger partial charge on any atom is -0.476 e. The van der Waals surface area contributed by atoms with Crippen LogP contribution in [0.2, 0.25) is 0 Å². The van der Waals surface area contributed by atoms with Crippen molar-refractivity contribution in [3.8, 4) is 0 Å². The number of hydrogen-bond donors (Lipinski definition) is 3. The molecule has 10 heteroatoms. The number of quaternary nitrogens is 1. The van der Waals surface area contributed by atoms with Crippen molar-refractivity contribution in [3.05, 3.63) is 18.2 Å². The van der Waals surface area contributed by atoms with Crippen molar-refractivity contribution in [2.75, 3.05) is 21.1 Å². The zero-order valence-corrected chi connectivity index (χ0v) is 11.5. The van der Waals surface area contributed by atoms with Crippen molar-refractivity contribution in [1.29, 1.82) is 0 Å². The molecule has 1 heterocycles. The predicted molar refractivity (Wildman–Crippen MR) is 63.3 cm³/mol. The van der Waals surface area contributed by atoms with Gasteiger partial charge in [-0.3, -0.25) is 0 Å². The van der Waals surface area contributed by atoms with Crippen LogP contribution >= 0.6 is 7.60 Å². The highest BCUT2D eigenvalue weighted by Crippen LogP contribution is 2.50. The summed E-state index contributed by atoms with van der Waals surface area (Å²) in [5.74, 6) is -4.78. The lowest BCUT2D eigenvalue weighted by Gasteiger charge is -2.32. The second kappa shape index (κ2) is 5.12. The van der Waals surface area contributed by atoms with E-state index in [0.717, 1.165) is 0 Å². The van der Waals surface area contributed by atoms with Crippen molar-refractivity contribution >= 4 is 19.5 Å². The van der Waals surface area contributed by atoms with E-state index in [0.29, 0.717) is 0 Å². The molecule has 9 nitrogen and oxygen atoms in total. The summed E-state index contributed by atoms with van der Waals surface area (Å²) in [6.45, 7) is 0. The Bertz CT molecular complexity index is 521. The summed E-state index contributed by atoms with van der Waals surface area (Å²) in [7, 11) is -0.499. The molecule has 0 spiro atoms. The maximum atomic E-state index is 12.0. The summed E-state index contributed by atoms with van der Waals surface area (Å²) in [6, 6.07) is 0. The van der Waals surface area contributed by atoms with Gasteiger partial charge in [-0.1, -0.05) is 0 Å². The molecule has 19 heavy (non-hydrogen) atoms. The Hall–Kier alpha value is -1.70. The second-order valence-corrected chi connectivity index (χ2v) is 6.51. The van der Waals surface area contributed by atoms with Gasteiger partial charge in [-0.05, 0) is 0 Å². The number of imidazole rings is 1. The number of carboxylic acids is 1. The SMILES string of the molecule is C[N+](C)(C)C(C(=O)O)P(=O)(O)OC(=O)c1ncc[nH]1. The molecule has 0 bridgehead atoms. The molecule has 0 aliphatic heterocycles. The molecule has 2 atom stereocenters. The van der Waals surface area contributed by atoms with Gasteiger partial charge in [-0.25, -0.2) is 19.1 Å². The van der Waals surface area contributed by atoms with Crippen molar-refractivity contribution in [1.82, 2.24) is 9.97 Å². The second-order valence-electron chi connectivity index (χ2n) is 4.71. The molecule has 0 saturated carbocycles. The molecule has 2 unspecified atom stereocenters. The monoisotopic (exact) mass is 292 g/mol. The third-order valence-electron chi connectivity index (χ3n) is 2.17. The first kappa shape index (κ1) is 15.4. The van der Waals surface area contributed by atoms with E-state index < -0.39 is 25.3 Å². The van der Waals surface area contributed by atoms with Crippen LogP contribution in [0.1, 0.15) is 10.6 Å². The van der Waals surface area contributed by atoms with Crippen LogP contribution in [0.15, 0.2) is 12.4 Å². The van der Waals surface area contributed by atoms with E-state index in [9.17, 15) is 19.0 Å². The van der Waals surface area contributed by atoms with Crippen molar-refractivity contribution < 1.29 is 33.2 Å². The zero-order valence-electron chi connectivity index (χ0n) is 10.6. The van der Waals surface area contributed by atoms with E-state index in [2.05, 4.69) is 14.5 Å². The van der Waals surface area contributed by atoms with E-state index in [1.54, 1.807) is 0 Å². The molecule has 0 fully saturated rings. The summed E-state index contributed by atoms with van der Waals surface area (Å²) in [5.41, 5.74) is 0. The van der Waals surface area contributed by atoms with Crippen LogP contribution in [-0.2, 0) is 13.9 Å². The van der Waals surface area contributed by atoms with E-state index in [1.165, 1.54) is 33.5 Å². The van der Waals surface area contributed by atoms with Gasteiger partial charge >= 0.3 is 19.5 Å². The van der Waals surface area contributed by atoms with Gasteiger partial charge in [0.25, 0.3) is 5.78 Å². The van der Waals surface area contributed by atoms with Crippen LogP contribution in [0.4, 0.5) is 0 Å². The predicted octanol–water partition coefficient (Wildman–Crippen LogP) is -0.131. The fourth-order valence-corrected chi connectivity index (χ4v) is 3.08. The number of nitrogens with one attached hydrogen (secondary N) is 1. The number of H-pyrrole nitrogens is 1. The Balaban J connectivity index is 2.99. The molecule has 0 saturated heterocycles. The number of hydrogen-bond acceptors (Lipinski definition) is 5. The summed E-state index contributed by atoms with van der Waals surface area (Å²) in [4.78, 5) is 38.3. The lowest BCUT2D eigenvalue weighted by Crippen LogP contribution is -2.50. The van der Waals surface area contributed by atoms with Gasteiger partial charge in [0.05, 0.1) is 21.1 Å². The number of nitrogens with zero attached hydrogens (tertiary/aromatic N) is 2. The number of aromatic nitrogens is 2. The highest BCUT2D eigenvalue weighted by Gasteiger charge is 2.51.